The van der Waals surface area contributed by atoms with Crippen LogP contribution in [0.5, 0.6) is 0 Å². The molecule has 0 spiro atoms. The molecule has 24 heavy (non-hydrogen) atoms. The molecule has 1 aromatic rings. The fourth-order valence-electron chi connectivity index (χ4n) is 4.41. The number of fused-ring (bicyclic) bond motifs is 1. The van der Waals surface area contributed by atoms with E-state index in [9.17, 15) is 0 Å². The monoisotopic (exact) mass is 327 g/mol. The van der Waals surface area contributed by atoms with Crippen molar-refractivity contribution in [1.29, 1.82) is 0 Å². The van der Waals surface area contributed by atoms with Gasteiger partial charge in [0.1, 0.15) is 6.10 Å². The Morgan fingerprint density at radius 2 is 1.83 bits per heavy atom. The lowest BCUT2D eigenvalue weighted by atomic mass is 10.1. The van der Waals surface area contributed by atoms with Crippen LogP contribution < -0.4 is 0 Å². The average Bonchev–Trinajstić information content (AvgIpc) is 3.17. The molecule has 0 bridgehead atoms. The maximum absolute atomic E-state index is 5.60. The van der Waals surface area contributed by atoms with Gasteiger partial charge < -0.3 is 4.84 Å². The van der Waals surface area contributed by atoms with Crippen molar-refractivity contribution in [3.63, 3.8) is 0 Å². The third-order valence-electron chi connectivity index (χ3n) is 5.83. The van der Waals surface area contributed by atoms with Crippen molar-refractivity contribution in [1.82, 2.24) is 9.80 Å². The van der Waals surface area contributed by atoms with E-state index in [0.717, 1.165) is 25.9 Å². The summed E-state index contributed by atoms with van der Waals surface area (Å²) in [6.07, 6.45) is 6.05. The molecule has 0 aromatic heterocycles. The number of nitrogens with zero attached hydrogens (tertiary/aromatic N) is 3. The van der Waals surface area contributed by atoms with Crippen LogP contribution in [0.15, 0.2) is 29.4 Å². The summed E-state index contributed by atoms with van der Waals surface area (Å²) in [4.78, 5) is 10.9. The third-order valence-corrected chi connectivity index (χ3v) is 5.83. The number of hydrogen-bond acceptors (Lipinski definition) is 4. The van der Waals surface area contributed by atoms with E-state index in [1.54, 1.807) is 11.1 Å². The average molecular weight is 327 g/mol. The molecule has 130 valence electrons. The molecule has 1 aliphatic carbocycles. The standard InChI is InChI=1S/C20H29N3O/c1-2-18-14-20(24-21-18)15-22-8-5-9-23(11-10-22)19-12-16-6-3-4-7-17(16)13-19/h3-4,6-7,19-20H,2,5,8-15H2,1H3/t20-/m0/s1. The second-order valence-electron chi connectivity index (χ2n) is 7.46. The molecule has 4 rings (SSSR count). The highest BCUT2D eigenvalue weighted by atomic mass is 16.6. The molecule has 1 saturated heterocycles. The van der Waals surface area contributed by atoms with Gasteiger partial charge in [0.15, 0.2) is 0 Å². The highest BCUT2D eigenvalue weighted by Gasteiger charge is 2.29. The Kier molecular flexibility index (Phi) is 4.86. The quantitative estimate of drug-likeness (QED) is 0.851. The van der Waals surface area contributed by atoms with E-state index in [0.29, 0.717) is 6.04 Å². The van der Waals surface area contributed by atoms with Crippen molar-refractivity contribution in [2.75, 3.05) is 32.7 Å². The molecule has 0 saturated carbocycles. The zero-order chi connectivity index (χ0) is 16.4. The van der Waals surface area contributed by atoms with E-state index >= 15 is 0 Å². The van der Waals surface area contributed by atoms with Crippen LogP contribution in [0.3, 0.4) is 0 Å². The van der Waals surface area contributed by atoms with Crippen LogP contribution in [0.25, 0.3) is 0 Å². The Morgan fingerprint density at radius 1 is 1.04 bits per heavy atom. The van der Waals surface area contributed by atoms with Crippen LogP contribution in [0.1, 0.15) is 37.3 Å². The van der Waals surface area contributed by atoms with E-state index in [-0.39, 0.29) is 6.10 Å². The Morgan fingerprint density at radius 3 is 2.54 bits per heavy atom. The molecule has 0 N–H and O–H groups in total. The summed E-state index contributed by atoms with van der Waals surface area (Å²) in [6, 6.07) is 9.68. The SMILES string of the molecule is CCC1=NO[C@H](CN2CCCN(C3Cc4ccccc4C3)CC2)C1. The molecular weight excluding hydrogens is 298 g/mol. The highest BCUT2D eigenvalue weighted by Crippen LogP contribution is 2.26. The van der Waals surface area contributed by atoms with E-state index in [2.05, 4.69) is 46.1 Å². The van der Waals surface area contributed by atoms with Crippen LogP contribution >= 0.6 is 0 Å². The van der Waals surface area contributed by atoms with Gasteiger partial charge in [-0.1, -0.05) is 36.3 Å². The van der Waals surface area contributed by atoms with E-state index in [1.165, 1.54) is 44.6 Å². The third kappa shape index (κ3) is 3.50. The van der Waals surface area contributed by atoms with Gasteiger partial charge in [-0.15, -0.1) is 0 Å². The number of oxime groups is 1. The van der Waals surface area contributed by atoms with Crippen LogP contribution in [-0.2, 0) is 17.7 Å². The minimum absolute atomic E-state index is 0.280. The van der Waals surface area contributed by atoms with Crippen LogP contribution in [0.4, 0.5) is 0 Å². The summed E-state index contributed by atoms with van der Waals surface area (Å²) in [5.74, 6) is 0. The van der Waals surface area contributed by atoms with Crippen LogP contribution in [-0.4, -0.2) is 60.4 Å². The maximum Gasteiger partial charge on any atom is 0.145 e. The molecule has 0 unspecified atom stereocenters. The van der Waals surface area contributed by atoms with Crippen molar-refractivity contribution in [3.8, 4) is 0 Å². The zero-order valence-corrected chi connectivity index (χ0v) is 14.8. The van der Waals surface area contributed by atoms with Gasteiger partial charge in [0.2, 0.25) is 0 Å². The first-order chi connectivity index (χ1) is 11.8. The first-order valence-electron chi connectivity index (χ1n) is 9.56. The van der Waals surface area contributed by atoms with Gasteiger partial charge in [-0.05, 0) is 49.9 Å². The summed E-state index contributed by atoms with van der Waals surface area (Å²) in [7, 11) is 0. The lowest BCUT2D eigenvalue weighted by molar-refractivity contribution is 0.0531. The Bertz CT molecular complexity index is 575. The lowest BCUT2D eigenvalue weighted by Gasteiger charge is -2.27. The predicted octanol–water partition coefficient (Wildman–Crippen LogP) is 2.72. The number of hydrogen-bond donors (Lipinski definition) is 0. The Labute approximate surface area is 145 Å². The topological polar surface area (TPSA) is 28.1 Å². The van der Waals surface area contributed by atoms with Gasteiger partial charge in [0.05, 0.1) is 5.71 Å². The molecule has 2 aliphatic heterocycles. The predicted molar refractivity (Wildman–Crippen MR) is 97.5 cm³/mol. The summed E-state index contributed by atoms with van der Waals surface area (Å²) in [5, 5.41) is 4.21. The van der Waals surface area contributed by atoms with Gasteiger partial charge in [0.25, 0.3) is 0 Å². The molecule has 1 fully saturated rings. The van der Waals surface area contributed by atoms with Crippen molar-refractivity contribution in [2.24, 2.45) is 5.16 Å². The molecule has 0 amide bonds. The summed E-state index contributed by atoms with van der Waals surface area (Å²) in [5.41, 5.74) is 4.35. The van der Waals surface area contributed by atoms with E-state index < -0.39 is 0 Å². The molecule has 0 radical (unpaired) electrons. The van der Waals surface area contributed by atoms with Gasteiger partial charge >= 0.3 is 0 Å². The molecular formula is C20H29N3O. The Hall–Kier alpha value is -1.39. The molecule has 1 atom stereocenters. The molecule has 4 heteroatoms. The summed E-state index contributed by atoms with van der Waals surface area (Å²) < 4.78 is 0. The summed E-state index contributed by atoms with van der Waals surface area (Å²) >= 11 is 0. The largest absolute Gasteiger partial charge is 0.391 e. The van der Waals surface area contributed by atoms with Gasteiger partial charge in [-0.25, -0.2) is 0 Å². The highest BCUT2D eigenvalue weighted by molar-refractivity contribution is 5.85. The van der Waals surface area contributed by atoms with Crippen LogP contribution in [0, 0.1) is 0 Å². The molecule has 4 nitrogen and oxygen atoms in total. The van der Waals surface area contributed by atoms with Crippen molar-refractivity contribution < 1.29 is 4.84 Å². The first-order valence-corrected chi connectivity index (χ1v) is 9.56. The van der Waals surface area contributed by atoms with Crippen LogP contribution in [0.2, 0.25) is 0 Å². The zero-order valence-electron chi connectivity index (χ0n) is 14.8. The minimum atomic E-state index is 0.280. The van der Waals surface area contributed by atoms with E-state index in [4.69, 9.17) is 4.84 Å². The first kappa shape index (κ1) is 16.1. The molecule has 1 aromatic carbocycles. The van der Waals surface area contributed by atoms with Crippen molar-refractivity contribution in [3.05, 3.63) is 35.4 Å². The second kappa shape index (κ2) is 7.24. The fourth-order valence-corrected chi connectivity index (χ4v) is 4.41. The van der Waals surface area contributed by atoms with E-state index in [1.807, 2.05) is 0 Å². The van der Waals surface area contributed by atoms with Crippen molar-refractivity contribution in [2.45, 2.75) is 51.2 Å². The van der Waals surface area contributed by atoms with Gasteiger partial charge in [0, 0.05) is 32.1 Å². The summed E-state index contributed by atoms with van der Waals surface area (Å²) in [6.45, 7) is 7.97. The number of benzene rings is 1. The number of rotatable bonds is 4. The maximum atomic E-state index is 5.60. The van der Waals surface area contributed by atoms with Crippen molar-refractivity contribution >= 4 is 5.71 Å². The van der Waals surface area contributed by atoms with Gasteiger partial charge in [-0.2, -0.15) is 0 Å². The molecule has 3 aliphatic rings. The Balaban J connectivity index is 1.28. The van der Waals surface area contributed by atoms with Gasteiger partial charge in [-0.3, -0.25) is 9.80 Å². The minimum Gasteiger partial charge on any atom is -0.391 e. The normalized spacial score (nSPS) is 26.0. The second-order valence-corrected chi connectivity index (χ2v) is 7.46. The molecule has 2 heterocycles. The fraction of sp³-hybridized carbons (Fsp3) is 0.650. The lowest BCUT2D eigenvalue weighted by Crippen LogP contribution is -2.40. The smallest absolute Gasteiger partial charge is 0.145 e.